The average Bonchev–Trinajstić information content (AvgIpc) is 3.20. The molecule has 138 valence electrons. The first-order valence-corrected chi connectivity index (χ1v) is 8.48. The van der Waals surface area contributed by atoms with E-state index >= 15 is 0 Å². The molecule has 3 rings (SSSR count). The quantitative estimate of drug-likeness (QED) is 0.699. The van der Waals surface area contributed by atoms with Crippen molar-refractivity contribution in [2.45, 2.75) is 19.4 Å². The van der Waals surface area contributed by atoms with E-state index in [9.17, 15) is 14.0 Å². The van der Waals surface area contributed by atoms with E-state index in [2.05, 4.69) is 10.6 Å². The van der Waals surface area contributed by atoms with Crippen LogP contribution in [0, 0.1) is 12.7 Å². The highest BCUT2D eigenvalue weighted by molar-refractivity contribution is 6.00. The molecule has 3 aromatic rings. The highest BCUT2D eigenvalue weighted by atomic mass is 19.1. The van der Waals surface area contributed by atoms with Gasteiger partial charge in [-0.25, -0.2) is 4.39 Å². The predicted molar refractivity (Wildman–Crippen MR) is 99.9 cm³/mol. The van der Waals surface area contributed by atoms with Gasteiger partial charge in [0.2, 0.25) is 5.91 Å². The number of rotatable bonds is 6. The molecule has 0 aliphatic carbocycles. The van der Waals surface area contributed by atoms with Gasteiger partial charge < -0.3 is 15.1 Å². The first kappa shape index (κ1) is 18.4. The van der Waals surface area contributed by atoms with Gasteiger partial charge in [0.05, 0.1) is 6.26 Å². The van der Waals surface area contributed by atoms with Crippen LogP contribution in [0.5, 0.6) is 0 Å². The van der Waals surface area contributed by atoms with E-state index < -0.39 is 23.7 Å². The molecule has 2 N–H and O–H groups in total. The molecule has 0 aliphatic rings. The first-order chi connectivity index (χ1) is 13.0. The van der Waals surface area contributed by atoms with E-state index in [1.165, 1.54) is 18.4 Å². The molecule has 0 spiro atoms. The van der Waals surface area contributed by atoms with Crippen LogP contribution in [0.25, 0.3) is 0 Å². The number of aryl methyl sites for hydroxylation is 1. The molecule has 0 bridgehead atoms. The normalized spacial score (nSPS) is 11.6. The predicted octanol–water partition coefficient (Wildman–Crippen LogP) is 3.71. The summed E-state index contributed by atoms with van der Waals surface area (Å²) in [6, 6.07) is 16.0. The van der Waals surface area contributed by atoms with Gasteiger partial charge in [-0.15, -0.1) is 0 Å². The molecule has 6 heteroatoms. The van der Waals surface area contributed by atoms with E-state index in [0.29, 0.717) is 11.3 Å². The van der Waals surface area contributed by atoms with Gasteiger partial charge in [0.15, 0.2) is 5.76 Å². The average molecular weight is 366 g/mol. The van der Waals surface area contributed by atoms with Crippen LogP contribution in [0.2, 0.25) is 0 Å². The molecule has 1 atom stereocenters. The van der Waals surface area contributed by atoms with Crippen molar-refractivity contribution in [3.63, 3.8) is 0 Å². The van der Waals surface area contributed by atoms with Crippen molar-refractivity contribution in [1.82, 2.24) is 5.32 Å². The summed E-state index contributed by atoms with van der Waals surface area (Å²) in [7, 11) is 0. The van der Waals surface area contributed by atoms with Crippen LogP contribution in [-0.4, -0.2) is 17.9 Å². The molecule has 0 unspecified atom stereocenters. The van der Waals surface area contributed by atoms with Crippen LogP contribution < -0.4 is 10.6 Å². The molecule has 0 saturated heterocycles. The third-order valence-corrected chi connectivity index (χ3v) is 4.09. The standard InChI is InChI=1S/C21H19FN2O3/c1-14-9-10-16(13-17(14)22)23-20(25)18(12-15-6-3-2-4-7-15)24-21(26)19-8-5-11-27-19/h2-11,13,18H,12H2,1H3,(H,23,25)(H,24,26)/t18-/m0/s1. The van der Waals surface area contributed by atoms with E-state index in [-0.39, 0.29) is 12.2 Å². The van der Waals surface area contributed by atoms with E-state index in [0.717, 1.165) is 5.56 Å². The summed E-state index contributed by atoms with van der Waals surface area (Å²) in [4.78, 5) is 25.1. The largest absolute Gasteiger partial charge is 0.459 e. The minimum atomic E-state index is -0.852. The third-order valence-electron chi connectivity index (χ3n) is 4.09. The van der Waals surface area contributed by atoms with Gasteiger partial charge in [0.1, 0.15) is 11.9 Å². The van der Waals surface area contributed by atoms with Crippen molar-refractivity contribution in [2.75, 3.05) is 5.32 Å². The van der Waals surface area contributed by atoms with E-state index in [4.69, 9.17) is 4.42 Å². The summed E-state index contributed by atoms with van der Waals surface area (Å²) in [6.45, 7) is 1.64. The van der Waals surface area contributed by atoms with Crippen LogP contribution in [0.1, 0.15) is 21.7 Å². The third kappa shape index (κ3) is 4.82. The fourth-order valence-electron chi connectivity index (χ4n) is 2.60. The van der Waals surface area contributed by atoms with Gasteiger partial charge in [-0.05, 0) is 42.3 Å². The Morgan fingerprint density at radius 1 is 1.07 bits per heavy atom. The molecule has 27 heavy (non-hydrogen) atoms. The zero-order valence-corrected chi connectivity index (χ0v) is 14.7. The van der Waals surface area contributed by atoms with Crippen LogP contribution in [0.3, 0.4) is 0 Å². The van der Waals surface area contributed by atoms with Gasteiger partial charge >= 0.3 is 0 Å². The Morgan fingerprint density at radius 3 is 2.52 bits per heavy atom. The molecular formula is C21H19FN2O3. The van der Waals surface area contributed by atoms with Crippen molar-refractivity contribution in [3.05, 3.63) is 89.6 Å². The Kier molecular flexibility index (Phi) is 5.66. The van der Waals surface area contributed by atoms with Crippen molar-refractivity contribution >= 4 is 17.5 Å². The molecule has 0 radical (unpaired) electrons. The molecule has 2 amide bonds. The monoisotopic (exact) mass is 366 g/mol. The number of carbonyl (C=O) groups excluding carboxylic acids is 2. The number of halogens is 1. The second-order valence-electron chi connectivity index (χ2n) is 6.15. The van der Waals surface area contributed by atoms with Crippen LogP contribution >= 0.6 is 0 Å². The lowest BCUT2D eigenvalue weighted by Crippen LogP contribution is -2.45. The van der Waals surface area contributed by atoms with Gasteiger partial charge in [-0.2, -0.15) is 0 Å². The zero-order chi connectivity index (χ0) is 19.2. The number of hydrogen-bond donors (Lipinski definition) is 2. The second-order valence-corrected chi connectivity index (χ2v) is 6.15. The number of nitrogens with one attached hydrogen (secondary N) is 2. The summed E-state index contributed by atoms with van der Waals surface area (Å²) < 4.78 is 18.8. The Hall–Kier alpha value is -3.41. The van der Waals surface area contributed by atoms with Gasteiger partial charge in [0, 0.05) is 12.1 Å². The minimum absolute atomic E-state index is 0.113. The van der Waals surface area contributed by atoms with Crippen molar-refractivity contribution in [2.24, 2.45) is 0 Å². The van der Waals surface area contributed by atoms with Gasteiger partial charge in [-0.1, -0.05) is 36.4 Å². The van der Waals surface area contributed by atoms with Crippen LogP contribution in [0.15, 0.2) is 71.3 Å². The Balaban J connectivity index is 1.77. The van der Waals surface area contributed by atoms with E-state index in [1.807, 2.05) is 30.3 Å². The van der Waals surface area contributed by atoms with E-state index in [1.54, 1.807) is 25.1 Å². The number of amides is 2. The molecule has 2 aromatic carbocycles. The van der Waals surface area contributed by atoms with Crippen molar-refractivity contribution in [1.29, 1.82) is 0 Å². The lowest BCUT2D eigenvalue weighted by atomic mass is 10.0. The summed E-state index contributed by atoms with van der Waals surface area (Å²) in [5, 5.41) is 5.33. The fraction of sp³-hybridized carbons (Fsp3) is 0.143. The number of hydrogen-bond acceptors (Lipinski definition) is 3. The topological polar surface area (TPSA) is 71.3 Å². The van der Waals surface area contributed by atoms with Crippen molar-refractivity contribution < 1.29 is 18.4 Å². The maximum absolute atomic E-state index is 13.7. The van der Waals surface area contributed by atoms with Crippen LogP contribution in [-0.2, 0) is 11.2 Å². The molecule has 1 heterocycles. The lowest BCUT2D eigenvalue weighted by Gasteiger charge is -2.18. The molecule has 0 fully saturated rings. The maximum atomic E-state index is 13.7. The molecular weight excluding hydrogens is 347 g/mol. The number of carbonyl (C=O) groups is 2. The highest BCUT2D eigenvalue weighted by Gasteiger charge is 2.23. The lowest BCUT2D eigenvalue weighted by molar-refractivity contribution is -0.118. The minimum Gasteiger partial charge on any atom is -0.459 e. The SMILES string of the molecule is Cc1ccc(NC(=O)[C@H](Cc2ccccc2)NC(=O)c2ccco2)cc1F. The molecule has 1 aromatic heterocycles. The number of furan rings is 1. The number of anilines is 1. The summed E-state index contributed by atoms with van der Waals surface area (Å²) in [6.07, 6.45) is 1.67. The van der Waals surface area contributed by atoms with Crippen molar-refractivity contribution in [3.8, 4) is 0 Å². The summed E-state index contributed by atoms with van der Waals surface area (Å²) in [5.74, 6) is -1.23. The smallest absolute Gasteiger partial charge is 0.287 e. The first-order valence-electron chi connectivity index (χ1n) is 8.48. The maximum Gasteiger partial charge on any atom is 0.287 e. The molecule has 0 saturated carbocycles. The molecule has 0 aliphatic heterocycles. The second kappa shape index (κ2) is 8.31. The Labute approximate surface area is 156 Å². The van der Waals surface area contributed by atoms with Gasteiger partial charge in [0.25, 0.3) is 5.91 Å². The highest BCUT2D eigenvalue weighted by Crippen LogP contribution is 2.15. The number of benzene rings is 2. The summed E-state index contributed by atoms with van der Waals surface area (Å²) in [5.41, 5.74) is 1.70. The summed E-state index contributed by atoms with van der Waals surface area (Å²) >= 11 is 0. The molecule has 5 nitrogen and oxygen atoms in total. The van der Waals surface area contributed by atoms with Crippen LogP contribution in [0.4, 0.5) is 10.1 Å². The fourth-order valence-corrected chi connectivity index (χ4v) is 2.60. The Bertz CT molecular complexity index is 924. The Morgan fingerprint density at radius 2 is 1.85 bits per heavy atom. The zero-order valence-electron chi connectivity index (χ0n) is 14.7. The van der Waals surface area contributed by atoms with Gasteiger partial charge in [-0.3, -0.25) is 9.59 Å².